The maximum absolute atomic E-state index is 8.85. The Kier molecular flexibility index (Phi) is 4.16. The van der Waals surface area contributed by atoms with Crippen molar-refractivity contribution in [3.8, 4) is 6.07 Å². The van der Waals surface area contributed by atoms with Crippen molar-refractivity contribution in [2.45, 2.75) is 32.2 Å². The summed E-state index contributed by atoms with van der Waals surface area (Å²) in [4.78, 5) is 4.30. The highest BCUT2D eigenvalue weighted by molar-refractivity contribution is 7.99. The molecular formula is C12H16N2S. The molecule has 2 nitrogen and oxygen atoms in total. The smallest absolute Gasteiger partial charge is 0.0960 e. The molecular weight excluding hydrogens is 204 g/mol. The van der Waals surface area contributed by atoms with Gasteiger partial charge in [0.1, 0.15) is 0 Å². The van der Waals surface area contributed by atoms with Crippen LogP contribution in [0.25, 0.3) is 0 Å². The molecule has 0 radical (unpaired) electrons. The van der Waals surface area contributed by atoms with Crippen LogP contribution in [0.4, 0.5) is 0 Å². The molecule has 0 fully saturated rings. The average molecular weight is 220 g/mol. The highest BCUT2D eigenvalue weighted by Crippen LogP contribution is 2.24. The molecule has 0 amide bonds. The van der Waals surface area contributed by atoms with Gasteiger partial charge in [-0.05, 0) is 38.8 Å². The number of nitrogens with zero attached hydrogens (tertiary/aromatic N) is 2. The Morgan fingerprint density at radius 2 is 2.20 bits per heavy atom. The number of hydrogen-bond donors (Lipinski definition) is 0. The van der Waals surface area contributed by atoms with Crippen LogP contribution in [-0.4, -0.2) is 10.7 Å². The van der Waals surface area contributed by atoms with E-state index in [0.29, 0.717) is 0 Å². The predicted octanol–water partition coefficient (Wildman–Crippen LogP) is 3.42. The molecule has 0 unspecified atom stereocenters. The zero-order valence-electron chi connectivity index (χ0n) is 9.45. The number of aromatic nitrogens is 1. The topological polar surface area (TPSA) is 36.7 Å². The van der Waals surface area contributed by atoms with E-state index in [2.05, 4.69) is 17.1 Å². The van der Waals surface area contributed by atoms with Crippen LogP contribution in [0.3, 0.4) is 0 Å². The summed E-state index contributed by atoms with van der Waals surface area (Å²) in [6.07, 6.45) is 2.77. The van der Waals surface area contributed by atoms with E-state index in [4.69, 9.17) is 5.26 Å². The first-order chi connectivity index (χ1) is 7.03. The minimum atomic E-state index is -0.225. The number of pyridine rings is 1. The lowest BCUT2D eigenvalue weighted by Crippen LogP contribution is -2.08. The van der Waals surface area contributed by atoms with Gasteiger partial charge in [-0.1, -0.05) is 6.07 Å². The van der Waals surface area contributed by atoms with Crippen LogP contribution < -0.4 is 0 Å². The lowest BCUT2D eigenvalue weighted by molar-refractivity contribution is 0.482. The predicted molar refractivity (Wildman–Crippen MR) is 63.7 cm³/mol. The Balaban J connectivity index is 2.39. The van der Waals surface area contributed by atoms with Gasteiger partial charge in [-0.15, -0.1) is 11.8 Å². The fraction of sp³-hybridized carbons (Fsp3) is 0.500. The van der Waals surface area contributed by atoms with E-state index in [9.17, 15) is 0 Å². The first kappa shape index (κ1) is 12.1. The Labute approximate surface area is 95.7 Å². The zero-order chi connectivity index (χ0) is 11.3. The van der Waals surface area contributed by atoms with E-state index in [1.54, 1.807) is 11.8 Å². The van der Waals surface area contributed by atoms with Crippen LogP contribution in [0.15, 0.2) is 23.4 Å². The van der Waals surface area contributed by atoms with E-state index < -0.39 is 0 Å². The summed E-state index contributed by atoms with van der Waals surface area (Å²) in [6, 6.07) is 6.39. The van der Waals surface area contributed by atoms with Crippen molar-refractivity contribution in [2.24, 2.45) is 5.41 Å². The van der Waals surface area contributed by atoms with Gasteiger partial charge in [0.05, 0.1) is 16.5 Å². The first-order valence-corrected chi connectivity index (χ1v) is 5.99. The molecule has 0 N–H and O–H groups in total. The van der Waals surface area contributed by atoms with E-state index in [-0.39, 0.29) is 5.41 Å². The molecule has 1 aromatic heterocycles. The molecule has 0 atom stereocenters. The van der Waals surface area contributed by atoms with Crippen molar-refractivity contribution in [1.29, 1.82) is 5.26 Å². The Morgan fingerprint density at radius 1 is 1.47 bits per heavy atom. The third kappa shape index (κ3) is 4.35. The highest BCUT2D eigenvalue weighted by atomic mass is 32.2. The summed E-state index contributed by atoms with van der Waals surface area (Å²) < 4.78 is 0. The van der Waals surface area contributed by atoms with Crippen LogP contribution >= 0.6 is 11.8 Å². The van der Waals surface area contributed by atoms with E-state index in [1.165, 1.54) is 5.56 Å². The first-order valence-electron chi connectivity index (χ1n) is 5.00. The monoisotopic (exact) mass is 220 g/mol. The summed E-state index contributed by atoms with van der Waals surface area (Å²) in [7, 11) is 0. The molecule has 0 aliphatic rings. The van der Waals surface area contributed by atoms with Gasteiger partial charge in [0.25, 0.3) is 0 Å². The van der Waals surface area contributed by atoms with Gasteiger partial charge in [-0.2, -0.15) is 5.26 Å². The molecule has 1 rings (SSSR count). The van der Waals surface area contributed by atoms with Crippen LogP contribution in [0.5, 0.6) is 0 Å². The maximum Gasteiger partial charge on any atom is 0.0960 e. The maximum atomic E-state index is 8.85. The third-order valence-electron chi connectivity index (χ3n) is 2.16. The molecule has 0 aromatic carbocycles. The molecule has 0 bridgehead atoms. The molecule has 0 saturated carbocycles. The van der Waals surface area contributed by atoms with Crippen LogP contribution in [0.2, 0.25) is 0 Å². The summed E-state index contributed by atoms with van der Waals surface area (Å²) in [6.45, 7) is 5.96. The molecule has 0 saturated heterocycles. The largest absolute Gasteiger partial charge is 0.250 e. The SMILES string of the molecule is Cc1ccc(SCCC(C)(C)C#N)nc1. The number of nitriles is 1. The van der Waals surface area contributed by atoms with Gasteiger partial charge in [0, 0.05) is 11.9 Å². The number of hydrogen-bond acceptors (Lipinski definition) is 3. The summed E-state index contributed by atoms with van der Waals surface area (Å²) in [5.41, 5.74) is 0.953. The normalized spacial score (nSPS) is 11.1. The van der Waals surface area contributed by atoms with Gasteiger partial charge in [-0.25, -0.2) is 4.98 Å². The van der Waals surface area contributed by atoms with Gasteiger partial charge in [-0.3, -0.25) is 0 Å². The minimum absolute atomic E-state index is 0.225. The van der Waals surface area contributed by atoms with Crippen LogP contribution in [0, 0.1) is 23.7 Å². The molecule has 1 aromatic rings. The Morgan fingerprint density at radius 3 is 2.73 bits per heavy atom. The molecule has 3 heteroatoms. The Bertz CT molecular complexity index is 349. The third-order valence-corrected chi connectivity index (χ3v) is 3.11. The molecule has 0 aliphatic heterocycles. The average Bonchev–Trinajstić information content (AvgIpc) is 2.21. The van der Waals surface area contributed by atoms with Crippen LogP contribution in [-0.2, 0) is 0 Å². The quantitative estimate of drug-likeness (QED) is 0.729. The van der Waals surface area contributed by atoms with Crippen molar-refractivity contribution in [3.63, 3.8) is 0 Å². The minimum Gasteiger partial charge on any atom is -0.250 e. The number of rotatable bonds is 4. The summed E-state index contributed by atoms with van der Waals surface area (Å²) in [5, 5.41) is 9.89. The molecule has 1 heterocycles. The van der Waals surface area contributed by atoms with Crippen molar-refractivity contribution >= 4 is 11.8 Å². The number of aryl methyl sites for hydroxylation is 1. The van der Waals surface area contributed by atoms with Gasteiger partial charge < -0.3 is 0 Å². The Hall–Kier alpha value is -1.01. The van der Waals surface area contributed by atoms with Crippen molar-refractivity contribution in [2.75, 3.05) is 5.75 Å². The second-order valence-corrected chi connectivity index (χ2v) is 5.38. The van der Waals surface area contributed by atoms with Gasteiger partial charge >= 0.3 is 0 Å². The van der Waals surface area contributed by atoms with E-state index in [1.807, 2.05) is 33.0 Å². The zero-order valence-corrected chi connectivity index (χ0v) is 10.3. The number of thioether (sulfide) groups is 1. The fourth-order valence-electron chi connectivity index (χ4n) is 1.01. The summed E-state index contributed by atoms with van der Waals surface area (Å²) in [5.74, 6) is 0.941. The van der Waals surface area contributed by atoms with Crippen molar-refractivity contribution in [1.82, 2.24) is 4.98 Å². The highest BCUT2D eigenvalue weighted by Gasteiger charge is 2.15. The van der Waals surface area contributed by atoms with E-state index >= 15 is 0 Å². The lowest BCUT2D eigenvalue weighted by Gasteiger charge is -2.13. The fourth-order valence-corrected chi connectivity index (χ4v) is 2.12. The van der Waals surface area contributed by atoms with Crippen molar-refractivity contribution in [3.05, 3.63) is 23.9 Å². The standard InChI is InChI=1S/C12H16N2S/c1-10-4-5-11(14-8-10)15-7-6-12(2,3)9-13/h4-5,8H,6-7H2,1-3H3. The summed E-state index contributed by atoms with van der Waals surface area (Å²) >= 11 is 1.71. The lowest BCUT2D eigenvalue weighted by atomic mass is 9.93. The van der Waals surface area contributed by atoms with Gasteiger partial charge in [0.2, 0.25) is 0 Å². The molecule has 0 spiro atoms. The van der Waals surface area contributed by atoms with Crippen LogP contribution in [0.1, 0.15) is 25.8 Å². The van der Waals surface area contributed by atoms with Gasteiger partial charge in [0.15, 0.2) is 0 Å². The van der Waals surface area contributed by atoms with Crippen molar-refractivity contribution < 1.29 is 0 Å². The molecule has 0 aliphatic carbocycles. The molecule has 15 heavy (non-hydrogen) atoms. The second kappa shape index (κ2) is 5.18. The second-order valence-electron chi connectivity index (χ2n) is 4.27. The van der Waals surface area contributed by atoms with E-state index in [0.717, 1.165) is 17.2 Å². The molecule has 80 valence electrons.